The molecular formula is C15H19F3N2O. The second-order valence-electron chi connectivity index (χ2n) is 5.99. The smallest absolute Gasteiger partial charge is 0.375 e. The van der Waals surface area contributed by atoms with Gasteiger partial charge in [-0.3, -0.25) is 11.3 Å². The van der Waals surface area contributed by atoms with Crippen LogP contribution in [0.4, 0.5) is 13.2 Å². The molecule has 4 atom stereocenters. The minimum Gasteiger partial charge on any atom is -0.375 e. The van der Waals surface area contributed by atoms with E-state index in [0.29, 0.717) is 5.56 Å². The van der Waals surface area contributed by atoms with E-state index < -0.39 is 11.7 Å². The standard InChI is InChI=1S/C15H19F3N2O/c1-8-6-9(15(16,17)18)2-4-11(8)14(20-19)12-7-10-3-5-13(12)21-10/h2,4,6,10,12-14,20H,3,5,7,19H2,1H3. The van der Waals surface area contributed by atoms with Crippen LogP contribution in [0, 0.1) is 12.8 Å². The quantitative estimate of drug-likeness (QED) is 0.666. The van der Waals surface area contributed by atoms with E-state index in [1.54, 1.807) is 6.92 Å². The molecule has 3 N–H and O–H groups in total. The summed E-state index contributed by atoms with van der Waals surface area (Å²) >= 11 is 0. The van der Waals surface area contributed by atoms with Crippen molar-refractivity contribution in [2.75, 3.05) is 0 Å². The number of hydrogen-bond donors (Lipinski definition) is 2. The van der Waals surface area contributed by atoms with Crippen LogP contribution in [0.1, 0.15) is 42.0 Å². The Labute approximate surface area is 121 Å². The highest BCUT2D eigenvalue weighted by Crippen LogP contribution is 2.45. The minimum absolute atomic E-state index is 0.164. The van der Waals surface area contributed by atoms with Crippen molar-refractivity contribution in [3.8, 4) is 0 Å². The van der Waals surface area contributed by atoms with E-state index in [1.165, 1.54) is 12.1 Å². The van der Waals surface area contributed by atoms with Gasteiger partial charge in [0.05, 0.1) is 23.8 Å². The van der Waals surface area contributed by atoms with Crippen LogP contribution in [-0.4, -0.2) is 12.2 Å². The lowest BCUT2D eigenvalue weighted by molar-refractivity contribution is -0.137. The number of fused-ring (bicyclic) bond motifs is 2. The molecule has 1 aromatic carbocycles. The van der Waals surface area contributed by atoms with E-state index >= 15 is 0 Å². The molecule has 3 nitrogen and oxygen atoms in total. The maximum Gasteiger partial charge on any atom is 0.416 e. The SMILES string of the molecule is Cc1cc(C(F)(F)F)ccc1C(NN)C1CC2CCC1O2. The number of halogens is 3. The molecule has 3 rings (SSSR count). The van der Waals surface area contributed by atoms with Crippen molar-refractivity contribution in [1.82, 2.24) is 5.43 Å². The zero-order valence-corrected chi connectivity index (χ0v) is 11.8. The number of alkyl halides is 3. The largest absolute Gasteiger partial charge is 0.416 e. The van der Waals surface area contributed by atoms with Crippen LogP contribution in [-0.2, 0) is 10.9 Å². The fourth-order valence-corrected chi connectivity index (χ4v) is 3.67. The fourth-order valence-electron chi connectivity index (χ4n) is 3.67. The topological polar surface area (TPSA) is 47.3 Å². The molecule has 2 heterocycles. The number of rotatable bonds is 3. The summed E-state index contributed by atoms with van der Waals surface area (Å²) in [4.78, 5) is 0. The van der Waals surface area contributed by atoms with Gasteiger partial charge in [0.1, 0.15) is 0 Å². The maximum absolute atomic E-state index is 12.7. The third-order valence-electron chi connectivity index (χ3n) is 4.69. The molecule has 1 aromatic rings. The van der Waals surface area contributed by atoms with Crippen LogP contribution in [0.2, 0.25) is 0 Å². The first-order valence-electron chi connectivity index (χ1n) is 7.19. The summed E-state index contributed by atoms with van der Waals surface area (Å²) in [6.45, 7) is 1.70. The first kappa shape index (κ1) is 14.8. The van der Waals surface area contributed by atoms with Gasteiger partial charge in [-0.05, 0) is 49.4 Å². The number of hydrazine groups is 1. The lowest BCUT2D eigenvalue weighted by Gasteiger charge is -2.29. The van der Waals surface area contributed by atoms with Gasteiger partial charge in [0, 0.05) is 5.92 Å². The highest BCUT2D eigenvalue weighted by atomic mass is 19.4. The van der Waals surface area contributed by atoms with E-state index in [2.05, 4.69) is 5.43 Å². The second kappa shape index (κ2) is 5.26. The van der Waals surface area contributed by atoms with E-state index in [1.807, 2.05) is 0 Å². The Hall–Kier alpha value is -1.11. The summed E-state index contributed by atoms with van der Waals surface area (Å²) in [5.41, 5.74) is 3.59. The molecule has 116 valence electrons. The summed E-state index contributed by atoms with van der Waals surface area (Å²) in [6, 6.07) is 3.69. The lowest BCUT2D eigenvalue weighted by atomic mass is 9.80. The minimum atomic E-state index is -4.32. The molecule has 0 amide bonds. The Kier molecular flexibility index (Phi) is 3.71. The molecule has 0 saturated carbocycles. The van der Waals surface area contributed by atoms with Crippen molar-refractivity contribution >= 4 is 0 Å². The first-order chi connectivity index (χ1) is 9.90. The van der Waals surface area contributed by atoms with E-state index in [-0.39, 0.29) is 24.2 Å². The average Bonchev–Trinajstić information content (AvgIpc) is 3.03. The highest BCUT2D eigenvalue weighted by Gasteiger charge is 2.45. The van der Waals surface area contributed by atoms with E-state index in [0.717, 1.165) is 30.9 Å². The van der Waals surface area contributed by atoms with Crippen LogP contribution in [0.15, 0.2) is 18.2 Å². The average molecular weight is 300 g/mol. The predicted molar refractivity (Wildman–Crippen MR) is 72.2 cm³/mol. The molecular weight excluding hydrogens is 281 g/mol. The van der Waals surface area contributed by atoms with Crippen molar-refractivity contribution in [2.45, 2.75) is 50.6 Å². The Morgan fingerprint density at radius 2 is 2.10 bits per heavy atom. The van der Waals surface area contributed by atoms with Crippen LogP contribution in [0.25, 0.3) is 0 Å². The zero-order chi connectivity index (χ0) is 15.2. The number of benzene rings is 1. The molecule has 0 aromatic heterocycles. The van der Waals surface area contributed by atoms with Crippen molar-refractivity contribution in [3.05, 3.63) is 34.9 Å². The summed E-state index contributed by atoms with van der Waals surface area (Å²) in [5.74, 6) is 5.91. The van der Waals surface area contributed by atoms with Gasteiger partial charge in [-0.1, -0.05) is 6.07 Å². The number of hydrogen-bond acceptors (Lipinski definition) is 3. The molecule has 2 aliphatic rings. The molecule has 4 unspecified atom stereocenters. The first-order valence-corrected chi connectivity index (χ1v) is 7.19. The molecule has 6 heteroatoms. The summed E-state index contributed by atoms with van der Waals surface area (Å²) < 4.78 is 44.1. The molecule has 21 heavy (non-hydrogen) atoms. The van der Waals surface area contributed by atoms with Crippen molar-refractivity contribution in [1.29, 1.82) is 0 Å². The van der Waals surface area contributed by atoms with Crippen LogP contribution in [0.3, 0.4) is 0 Å². The molecule has 0 radical (unpaired) electrons. The van der Waals surface area contributed by atoms with Crippen molar-refractivity contribution < 1.29 is 17.9 Å². The molecule has 2 bridgehead atoms. The van der Waals surface area contributed by atoms with Gasteiger partial charge < -0.3 is 4.74 Å². The van der Waals surface area contributed by atoms with Crippen molar-refractivity contribution in [2.24, 2.45) is 11.8 Å². The lowest BCUT2D eigenvalue weighted by Crippen LogP contribution is -2.38. The summed E-state index contributed by atoms with van der Waals surface area (Å²) in [6.07, 6.45) is -0.870. The number of aryl methyl sites for hydroxylation is 1. The van der Waals surface area contributed by atoms with Gasteiger partial charge in [-0.2, -0.15) is 13.2 Å². The van der Waals surface area contributed by atoms with Crippen molar-refractivity contribution in [3.63, 3.8) is 0 Å². The van der Waals surface area contributed by atoms with E-state index in [4.69, 9.17) is 10.6 Å². The molecule has 2 fully saturated rings. The van der Waals surface area contributed by atoms with Crippen LogP contribution in [0.5, 0.6) is 0 Å². The molecule has 0 spiro atoms. The monoisotopic (exact) mass is 300 g/mol. The third-order valence-corrected chi connectivity index (χ3v) is 4.69. The Morgan fingerprint density at radius 3 is 2.57 bits per heavy atom. The Balaban J connectivity index is 1.87. The fraction of sp³-hybridized carbons (Fsp3) is 0.600. The predicted octanol–water partition coefficient (Wildman–Crippen LogP) is 3.09. The normalized spacial score (nSPS) is 29.9. The maximum atomic E-state index is 12.7. The molecule has 2 aliphatic heterocycles. The summed E-state index contributed by atoms with van der Waals surface area (Å²) in [7, 11) is 0. The van der Waals surface area contributed by atoms with Gasteiger partial charge >= 0.3 is 6.18 Å². The second-order valence-corrected chi connectivity index (χ2v) is 5.99. The Bertz CT molecular complexity index is 532. The number of nitrogens with one attached hydrogen (secondary N) is 1. The van der Waals surface area contributed by atoms with Crippen LogP contribution >= 0.6 is 0 Å². The number of ether oxygens (including phenoxy) is 1. The van der Waals surface area contributed by atoms with Gasteiger partial charge in [0.25, 0.3) is 0 Å². The highest BCUT2D eigenvalue weighted by molar-refractivity contribution is 5.35. The molecule has 2 saturated heterocycles. The third kappa shape index (κ3) is 2.67. The van der Waals surface area contributed by atoms with Gasteiger partial charge in [0.15, 0.2) is 0 Å². The van der Waals surface area contributed by atoms with Crippen LogP contribution < -0.4 is 11.3 Å². The van der Waals surface area contributed by atoms with E-state index in [9.17, 15) is 13.2 Å². The van der Waals surface area contributed by atoms with Gasteiger partial charge in [0.2, 0.25) is 0 Å². The summed E-state index contributed by atoms with van der Waals surface area (Å²) in [5, 5.41) is 0. The van der Waals surface area contributed by atoms with Gasteiger partial charge in [-0.15, -0.1) is 0 Å². The Morgan fingerprint density at radius 1 is 1.33 bits per heavy atom. The molecule has 0 aliphatic carbocycles. The van der Waals surface area contributed by atoms with Gasteiger partial charge in [-0.25, -0.2) is 0 Å². The number of nitrogens with two attached hydrogens (primary N) is 1. The zero-order valence-electron chi connectivity index (χ0n) is 11.8.